The molecule has 2 fully saturated rings. The first-order chi connectivity index (χ1) is 30.6. The van der Waals surface area contributed by atoms with Gasteiger partial charge < -0.3 is 75.7 Å². The van der Waals surface area contributed by atoms with Gasteiger partial charge in [0.05, 0.1) is 73.5 Å². The molecule has 0 radical (unpaired) electrons. The molecule has 0 amide bonds. The number of ether oxygens (including phenoxy) is 4. The van der Waals surface area contributed by atoms with Gasteiger partial charge in [-0.3, -0.25) is 14.4 Å². The molecule has 18 heteroatoms. The number of allylic oxidation sites excluding steroid dienone is 12. The third-order valence-electron chi connectivity index (χ3n) is 11.9. The number of hydrogen-bond acceptors (Lipinski definition) is 17. The number of nitrogens with two attached hydrogens (primary N) is 1. The number of hydrogen-bond donors (Lipinski definition) is 11. The van der Waals surface area contributed by atoms with Crippen molar-refractivity contribution < 1.29 is 84.4 Å². The summed E-state index contributed by atoms with van der Waals surface area (Å²) in [6, 6.07) is -1.15. The molecule has 2 bridgehead atoms. The van der Waals surface area contributed by atoms with Crippen molar-refractivity contribution in [3.63, 3.8) is 0 Å². The van der Waals surface area contributed by atoms with Gasteiger partial charge in [0, 0.05) is 43.9 Å². The van der Waals surface area contributed by atoms with E-state index < -0.39 is 153 Å². The van der Waals surface area contributed by atoms with Crippen molar-refractivity contribution in [3.8, 4) is 0 Å². The van der Waals surface area contributed by atoms with Crippen molar-refractivity contribution in [2.24, 2.45) is 23.5 Å². The van der Waals surface area contributed by atoms with Crippen LogP contribution in [0.3, 0.4) is 0 Å². The van der Waals surface area contributed by atoms with Crippen molar-refractivity contribution in [1.29, 1.82) is 0 Å². The number of carbonyl (C=O) groups is 3. The Morgan fingerprint density at radius 1 is 0.677 bits per heavy atom. The minimum Gasteiger partial charge on any atom is -0.481 e. The Hall–Kier alpha value is -3.73. The minimum atomic E-state index is -2.37. The number of ketones is 1. The molecule has 0 spiro atoms. The van der Waals surface area contributed by atoms with Crippen molar-refractivity contribution in [2.45, 2.75) is 170 Å². The van der Waals surface area contributed by atoms with Crippen LogP contribution in [0.4, 0.5) is 0 Å². The highest BCUT2D eigenvalue weighted by Crippen LogP contribution is 2.38. The summed E-state index contributed by atoms with van der Waals surface area (Å²) in [6.07, 6.45) is 3.75. The summed E-state index contributed by atoms with van der Waals surface area (Å²) in [7, 11) is 0. The Kier molecular flexibility index (Phi) is 23.2. The van der Waals surface area contributed by atoms with Crippen LogP contribution >= 0.6 is 0 Å². The Morgan fingerprint density at radius 2 is 1.22 bits per heavy atom. The van der Waals surface area contributed by atoms with Crippen LogP contribution in [-0.4, -0.2) is 160 Å². The van der Waals surface area contributed by atoms with Crippen LogP contribution in [-0.2, 0) is 33.3 Å². The second kappa shape index (κ2) is 27.2. The topological polar surface area (TPSA) is 316 Å². The molecule has 3 heterocycles. The van der Waals surface area contributed by atoms with Gasteiger partial charge in [-0.15, -0.1) is 0 Å². The molecule has 0 aromatic heterocycles. The number of carboxylic acid groups (broad SMARTS) is 1. The number of aliphatic carboxylic acids is 1. The van der Waals surface area contributed by atoms with E-state index >= 15 is 0 Å². The number of cyclic esters (lactones) is 1. The van der Waals surface area contributed by atoms with Crippen LogP contribution in [0.25, 0.3) is 0 Å². The van der Waals surface area contributed by atoms with E-state index in [1.807, 2.05) is 13.0 Å². The van der Waals surface area contributed by atoms with Gasteiger partial charge in [0.15, 0.2) is 12.1 Å². The van der Waals surface area contributed by atoms with Gasteiger partial charge in [-0.25, -0.2) is 0 Å². The van der Waals surface area contributed by atoms with Gasteiger partial charge in [0.25, 0.3) is 0 Å². The molecule has 0 aromatic carbocycles. The molecule has 0 aromatic rings. The smallest absolute Gasteiger partial charge is 0.311 e. The van der Waals surface area contributed by atoms with Crippen LogP contribution in [0.5, 0.6) is 0 Å². The van der Waals surface area contributed by atoms with Gasteiger partial charge in [-0.1, -0.05) is 98.9 Å². The molecular weight excluding hydrogens is 851 g/mol. The number of Topliss-reactive ketones (excluding diaryl/α,β-unsaturated/α-hetero) is 1. The SMILES string of the molecule is CC1/C=C/C=C/C=C/C=C/C=C/C=C/C=C/C(OC2O[C@H](C)[C@@H](O)[C@H](N)[C@H]2O)CC2OC(O)(CC(O)C(O)CCC(O)CC(=O)CC(O)CC(=O)OC(C)C(C)C1O)CC(O)C2C(=O)O. The maximum atomic E-state index is 12.7. The molecule has 12 N–H and O–H groups in total. The summed E-state index contributed by atoms with van der Waals surface area (Å²) < 4.78 is 23.1. The van der Waals surface area contributed by atoms with E-state index in [1.54, 1.807) is 86.8 Å². The number of fused-ring (bicyclic) bond motifs is 2. The number of carbonyl (C=O) groups excluding carboxylic acids is 2. The quantitative estimate of drug-likeness (QED) is 0.175. The molecule has 0 aliphatic carbocycles. The Bertz CT molecular complexity index is 1710. The van der Waals surface area contributed by atoms with E-state index in [4.69, 9.17) is 24.7 Å². The maximum Gasteiger partial charge on any atom is 0.311 e. The second-order valence-electron chi connectivity index (χ2n) is 17.4. The number of carboxylic acids is 1. The van der Waals surface area contributed by atoms with Gasteiger partial charge in [0.1, 0.15) is 23.9 Å². The molecule has 3 aliphatic rings. The van der Waals surface area contributed by atoms with E-state index in [9.17, 15) is 65.4 Å². The Labute approximate surface area is 380 Å². The molecule has 2 saturated heterocycles. The predicted octanol–water partition coefficient (Wildman–Crippen LogP) is 0.920. The first-order valence-corrected chi connectivity index (χ1v) is 22.2. The van der Waals surface area contributed by atoms with Crippen molar-refractivity contribution in [3.05, 3.63) is 85.1 Å². The summed E-state index contributed by atoms with van der Waals surface area (Å²) >= 11 is 0. The lowest BCUT2D eigenvalue weighted by Crippen LogP contribution is -2.61. The lowest BCUT2D eigenvalue weighted by Gasteiger charge is -2.45. The van der Waals surface area contributed by atoms with Crippen molar-refractivity contribution >= 4 is 17.7 Å². The largest absolute Gasteiger partial charge is 0.481 e. The Morgan fingerprint density at radius 3 is 1.80 bits per heavy atom. The molecule has 14 unspecified atom stereocenters. The lowest BCUT2D eigenvalue weighted by atomic mass is 9.82. The van der Waals surface area contributed by atoms with Crippen LogP contribution in [0.2, 0.25) is 0 Å². The summed E-state index contributed by atoms with van der Waals surface area (Å²) in [5.74, 6) is -7.57. The van der Waals surface area contributed by atoms with E-state index in [1.165, 1.54) is 13.0 Å². The predicted molar refractivity (Wildman–Crippen MR) is 236 cm³/mol. The van der Waals surface area contributed by atoms with E-state index in [0.717, 1.165) is 0 Å². The summed E-state index contributed by atoms with van der Waals surface area (Å²) in [5, 5.41) is 107. The average Bonchev–Trinajstić information content (AvgIpc) is 3.21. The van der Waals surface area contributed by atoms with Crippen LogP contribution in [0.15, 0.2) is 85.1 Å². The molecule has 3 aliphatic heterocycles. The van der Waals surface area contributed by atoms with Gasteiger partial charge >= 0.3 is 11.9 Å². The molecule has 18 nitrogen and oxygen atoms in total. The van der Waals surface area contributed by atoms with Crippen LogP contribution in [0, 0.1) is 17.8 Å². The fourth-order valence-electron chi connectivity index (χ4n) is 7.81. The maximum absolute atomic E-state index is 12.7. The molecule has 3 rings (SSSR count). The third-order valence-corrected chi connectivity index (χ3v) is 11.9. The first kappa shape index (κ1) is 55.6. The minimum absolute atomic E-state index is 0.201. The van der Waals surface area contributed by atoms with Crippen molar-refractivity contribution in [1.82, 2.24) is 0 Å². The highest BCUT2D eigenvalue weighted by molar-refractivity contribution is 5.80. The zero-order chi connectivity index (χ0) is 48.4. The standard InChI is InChI=1S/C47H71NO17/c1-27-17-15-13-11-9-7-5-6-8-10-12-14-16-18-34(64-46-44(58)41(48)43(57)30(4)63-46)24-38-40(45(59)60)37(54)26-47(61,65-38)25-36(53)35(52)20-19-31(49)21-32(50)22-33(51)23-39(55)62-29(3)28(2)42(27)56/h5-18,27-31,33-38,40-44,46,49,51-54,56-58,61H,19-26,48H2,1-4H3,(H,59,60)/b6-5+,9-7+,10-8+,13-11+,14-12+,17-15+,18-16+/t27?,28?,29?,30-,31?,33?,34?,35?,36?,37?,38?,40?,41+,42?,43-,44-,46?,47?/m1/s1. The van der Waals surface area contributed by atoms with Crippen LogP contribution in [0.1, 0.15) is 79.1 Å². The first-order valence-electron chi connectivity index (χ1n) is 22.2. The van der Waals surface area contributed by atoms with Gasteiger partial charge in [0.2, 0.25) is 0 Å². The normalized spacial score (nSPS) is 44.4. The van der Waals surface area contributed by atoms with Gasteiger partial charge in [-0.05, 0) is 26.7 Å². The second-order valence-corrected chi connectivity index (χ2v) is 17.4. The summed E-state index contributed by atoms with van der Waals surface area (Å²) in [5.41, 5.74) is 6.01. The highest BCUT2D eigenvalue weighted by atomic mass is 16.7. The fourth-order valence-corrected chi connectivity index (χ4v) is 7.81. The van der Waals surface area contributed by atoms with Crippen molar-refractivity contribution in [2.75, 3.05) is 0 Å². The molecule has 0 saturated carbocycles. The molecular formula is C47H71NO17. The fraction of sp³-hybridized carbons (Fsp3) is 0.638. The van der Waals surface area contributed by atoms with E-state index in [2.05, 4.69) is 0 Å². The third kappa shape index (κ3) is 18.5. The number of esters is 1. The highest BCUT2D eigenvalue weighted by Gasteiger charge is 2.51. The zero-order valence-electron chi connectivity index (χ0n) is 37.5. The molecule has 18 atom stereocenters. The van der Waals surface area contributed by atoms with E-state index in [-0.39, 0.29) is 25.2 Å². The molecule has 366 valence electrons. The number of aliphatic hydroxyl groups excluding tert-OH is 8. The summed E-state index contributed by atoms with van der Waals surface area (Å²) in [6.45, 7) is 6.69. The summed E-state index contributed by atoms with van der Waals surface area (Å²) in [4.78, 5) is 37.7. The lowest BCUT2D eigenvalue weighted by molar-refractivity contribution is -0.310. The van der Waals surface area contributed by atoms with Crippen LogP contribution < -0.4 is 5.73 Å². The Balaban J connectivity index is 1.86. The number of aliphatic hydroxyl groups is 9. The zero-order valence-corrected chi connectivity index (χ0v) is 37.5. The monoisotopic (exact) mass is 921 g/mol. The number of rotatable bonds is 3. The average molecular weight is 922 g/mol. The van der Waals surface area contributed by atoms with E-state index in [0.29, 0.717) is 0 Å². The molecule has 65 heavy (non-hydrogen) atoms. The van der Waals surface area contributed by atoms with Gasteiger partial charge in [-0.2, -0.15) is 0 Å².